The van der Waals surface area contributed by atoms with Crippen LogP contribution >= 0.6 is 0 Å². The van der Waals surface area contributed by atoms with Gasteiger partial charge in [0.15, 0.2) is 0 Å². The molecule has 0 radical (unpaired) electrons. The summed E-state index contributed by atoms with van der Waals surface area (Å²) in [5, 5.41) is 8.36. The summed E-state index contributed by atoms with van der Waals surface area (Å²) in [7, 11) is 0. The molecule has 7 heteroatoms. The minimum absolute atomic E-state index is 0.0892. The van der Waals surface area contributed by atoms with Crippen molar-refractivity contribution in [3.8, 4) is 5.75 Å². The zero-order valence-electron chi connectivity index (χ0n) is 22.7. The number of aliphatic hydroxyl groups excluding tert-OH is 1. The topological polar surface area (TPSA) is 99.1 Å². The van der Waals surface area contributed by atoms with Crippen LogP contribution in [0.4, 0.5) is 0 Å². The highest BCUT2D eigenvalue weighted by Gasteiger charge is 2.10. The summed E-state index contributed by atoms with van der Waals surface area (Å²) in [6.45, 7) is 17.4. The fourth-order valence-electron chi connectivity index (χ4n) is 1.93. The monoisotopic (exact) mass is 494 g/mol. The molecule has 0 aliphatic carbocycles. The highest BCUT2D eigenvalue weighted by atomic mass is 16.5. The second kappa shape index (κ2) is 21.8. The molecule has 1 aromatic rings. The van der Waals surface area contributed by atoms with Crippen LogP contribution in [-0.2, 0) is 19.1 Å². The second-order valence-electron chi connectivity index (χ2n) is 8.25. The maximum Gasteiger partial charge on any atom is 0.338 e. The van der Waals surface area contributed by atoms with Crippen LogP contribution < -0.4 is 4.74 Å². The van der Waals surface area contributed by atoms with Gasteiger partial charge in [-0.1, -0.05) is 34.3 Å². The average molecular weight is 495 g/mol. The summed E-state index contributed by atoms with van der Waals surface area (Å²) in [6.07, 6.45) is 5.04. The van der Waals surface area contributed by atoms with Gasteiger partial charge in [-0.25, -0.2) is 9.59 Å². The Morgan fingerprint density at radius 1 is 0.943 bits per heavy atom. The first-order valence-corrected chi connectivity index (χ1v) is 12.4. The Balaban J connectivity index is 0. The van der Waals surface area contributed by atoms with Gasteiger partial charge in [0.25, 0.3) is 0 Å². The molecule has 1 aromatic carbocycles. The fourth-order valence-corrected chi connectivity index (χ4v) is 1.93. The van der Waals surface area contributed by atoms with E-state index in [4.69, 9.17) is 19.3 Å². The van der Waals surface area contributed by atoms with Crippen molar-refractivity contribution in [2.24, 2.45) is 5.92 Å². The lowest BCUT2D eigenvalue weighted by Crippen LogP contribution is -2.13. The van der Waals surface area contributed by atoms with E-state index >= 15 is 0 Å². The Morgan fingerprint density at radius 3 is 1.89 bits per heavy atom. The molecule has 0 aliphatic rings. The largest absolute Gasteiger partial charge is 0.494 e. The zero-order chi connectivity index (χ0) is 27.2. The van der Waals surface area contributed by atoms with Gasteiger partial charge in [0.2, 0.25) is 0 Å². The number of benzene rings is 1. The van der Waals surface area contributed by atoms with Gasteiger partial charge in [0.05, 0.1) is 31.0 Å². The SMILES string of the molecule is C=CC(=O)OCCCCOc1ccc(C(=O)OC(C)CC)cc1.CCC(C)C(C)=O.CCC(C)O. The summed E-state index contributed by atoms with van der Waals surface area (Å²) >= 11 is 0. The molecule has 0 aliphatic heterocycles. The maximum absolute atomic E-state index is 11.8. The molecule has 35 heavy (non-hydrogen) atoms. The van der Waals surface area contributed by atoms with Gasteiger partial charge in [-0.3, -0.25) is 4.79 Å². The van der Waals surface area contributed by atoms with Crippen LogP contribution in [0.3, 0.4) is 0 Å². The summed E-state index contributed by atoms with van der Waals surface area (Å²) in [5.74, 6) is 0.511. The van der Waals surface area contributed by atoms with E-state index in [1.165, 1.54) is 0 Å². The van der Waals surface area contributed by atoms with Crippen molar-refractivity contribution in [3.05, 3.63) is 42.5 Å². The third-order valence-electron chi connectivity index (χ3n) is 5.09. The fraction of sp³-hybridized carbons (Fsp3) is 0.607. The smallest absolute Gasteiger partial charge is 0.338 e. The van der Waals surface area contributed by atoms with Crippen LogP contribution in [0.15, 0.2) is 36.9 Å². The Kier molecular flexibility index (Phi) is 21.5. The molecule has 3 unspecified atom stereocenters. The van der Waals surface area contributed by atoms with E-state index in [-0.39, 0.29) is 24.1 Å². The normalized spacial score (nSPS) is 12.3. The van der Waals surface area contributed by atoms with Gasteiger partial charge in [0.1, 0.15) is 11.5 Å². The Bertz CT molecular complexity index is 711. The number of carbonyl (C=O) groups is 3. The van der Waals surface area contributed by atoms with Crippen LogP contribution in [0.25, 0.3) is 0 Å². The van der Waals surface area contributed by atoms with Crippen LogP contribution in [-0.4, -0.2) is 48.3 Å². The summed E-state index contributed by atoms with van der Waals surface area (Å²) in [5.41, 5.74) is 0.508. The Hall–Kier alpha value is -2.67. The second-order valence-corrected chi connectivity index (χ2v) is 8.25. The first-order chi connectivity index (χ1) is 16.5. The van der Waals surface area contributed by atoms with Crippen molar-refractivity contribution in [2.45, 2.75) is 92.8 Å². The van der Waals surface area contributed by atoms with Crippen LogP contribution in [0, 0.1) is 5.92 Å². The number of Topliss-reactive ketones (excluding diaryl/α,β-unsaturated/α-hetero) is 1. The molecule has 0 amide bonds. The molecule has 200 valence electrons. The summed E-state index contributed by atoms with van der Waals surface area (Å²) < 4.78 is 15.7. The molecule has 1 N–H and O–H groups in total. The van der Waals surface area contributed by atoms with E-state index in [9.17, 15) is 14.4 Å². The summed E-state index contributed by atoms with van der Waals surface area (Å²) in [4.78, 5) is 33.0. The van der Waals surface area contributed by atoms with Crippen molar-refractivity contribution in [1.29, 1.82) is 0 Å². The van der Waals surface area contributed by atoms with E-state index in [2.05, 4.69) is 6.58 Å². The lowest BCUT2D eigenvalue weighted by molar-refractivity contribution is -0.137. The number of rotatable bonds is 13. The maximum atomic E-state index is 11.8. The minimum Gasteiger partial charge on any atom is -0.494 e. The van der Waals surface area contributed by atoms with Crippen molar-refractivity contribution >= 4 is 17.7 Å². The molecule has 0 saturated heterocycles. The molecular weight excluding hydrogens is 448 g/mol. The van der Waals surface area contributed by atoms with Gasteiger partial charge < -0.3 is 19.3 Å². The third-order valence-corrected chi connectivity index (χ3v) is 5.09. The lowest BCUT2D eigenvalue weighted by Gasteiger charge is -2.11. The van der Waals surface area contributed by atoms with Crippen molar-refractivity contribution in [3.63, 3.8) is 0 Å². The average Bonchev–Trinajstić information content (AvgIpc) is 2.86. The highest BCUT2D eigenvalue weighted by molar-refractivity contribution is 5.89. The van der Waals surface area contributed by atoms with E-state index in [0.29, 0.717) is 30.3 Å². The number of unbranched alkanes of at least 4 members (excludes halogenated alkanes) is 1. The molecule has 0 aromatic heterocycles. The molecule has 3 atom stereocenters. The lowest BCUT2D eigenvalue weighted by atomic mass is 10.1. The molecule has 0 bridgehead atoms. The number of esters is 2. The van der Waals surface area contributed by atoms with E-state index < -0.39 is 5.97 Å². The molecular formula is C28H46O7. The Morgan fingerprint density at radius 2 is 1.49 bits per heavy atom. The van der Waals surface area contributed by atoms with E-state index in [1.54, 1.807) is 38.1 Å². The van der Waals surface area contributed by atoms with E-state index in [0.717, 1.165) is 38.2 Å². The first-order valence-electron chi connectivity index (χ1n) is 12.4. The van der Waals surface area contributed by atoms with Gasteiger partial charge in [-0.05, 0) is 77.1 Å². The van der Waals surface area contributed by atoms with Crippen LogP contribution in [0.5, 0.6) is 5.75 Å². The van der Waals surface area contributed by atoms with E-state index in [1.807, 2.05) is 34.6 Å². The number of ether oxygens (including phenoxy) is 3. The molecule has 0 spiro atoms. The van der Waals surface area contributed by atoms with Gasteiger partial charge in [0, 0.05) is 12.0 Å². The highest BCUT2D eigenvalue weighted by Crippen LogP contribution is 2.14. The zero-order valence-corrected chi connectivity index (χ0v) is 22.7. The number of hydrogen-bond donors (Lipinski definition) is 1. The van der Waals surface area contributed by atoms with Crippen molar-refractivity contribution < 1.29 is 33.7 Å². The Labute approximate surface area is 211 Å². The van der Waals surface area contributed by atoms with Crippen LogP contribution in [0.2, 0.25) is 0 Å². The number of carbonyl (C=O) groups excluding carboxylic acids is 3. The first kappa shape index (κ1) is 34.5. The third kappa shape index (κ3) is 20.4. The quantitative estimate of drug-likeness (QED) is 0.206. The molecule has 7 nitrogen and oxygen atoms in total. The number of ketones is 1. The van der Waals surface area contributed by atoms with Crippen LogP contribution in [0.1, 0.15) is 90.9 Å². The minimum atomic E-state index is -0.411. The van der Waals surface area contributed by atoms with Crippen molar-refractivity contribution in [1.82, 2.24) is 0 Å². The van der Waals surface area contributed by atoms with Gasteiger partial charge >= 0.3 is 11.9 Å². The molecule has 0 fully saturated rings. The standard InChI is InChI=1S/C18H24O5.C6H12O.C4H10O/c1-4-14(3)23-18(20)15-8-10-16(11-9-15)21-12-6-7-13-22-17(19)5-2;1-4-5(2)6(3)7;1-3-4(2)5/h5,8-11,14H,2,4,6-7,12-13H2,1,3H3;5H,4H2,1-3H3;4-5H,3H2,1-2H3. The predicted octanol–water partition coefficient (Wildman–Crippen LogP) is 5.93. The van der Waals surface area contributed by atoms with Gasteiger partial charge in [-0.2, -0.15) is 0 Å². The molecule has 0 saturated carbocycles. The molecule has 1 rings (SSSR count). The number of aliphatic hydroxyl groups is 1. The number of hydrogen-bond acceptors (Lipinski definition) is 7. The van der Waals surface area contributed by atoms with Crippen molar-refractivity contribution in [2.75, 3.05) is 13.2 Å². The molecule has 0 heterocycles. The van der Waals surface area contributed by atoms with Gasteiger partial charge in [-0.15, -0.1) is 0 Å². The summed E-state index contributed by atoms with van der Waals surface area (Å²) in [6, 6.07) is 6.85. The predicted molar refractivity (Wildman–Crippen MR) is 140 cm³/mol.